The minimum atomic E-state index is -4.58. The fraction of sp³-hybridized carbons (Fsp3) is 0.900. The quantitative estimate of drug-likeness (QED) is 0.750. The van der Waals surface area contributed by atoms with E-state index in [1.165, 1.54) is 13.8 Å². The zero-order valence-electron chi connectivity index (χ0n) is 9.67. The summed E-state index contributed by atoms with van der Waals surface area (Å²) in [5, 5.41) is 0. The molecule has 2 atom stereocenters. The highest BCUT2D eigenvalue weighted by Gasteiger charge is 2.46. The molecular formula is C10H18F3NO2. The van der Waals surface area contributed by atoms with Gasteiger partial charge < -0.3 is 10.5 Å². The molecule has 0 amide bonds. The van der Waals surface area contributed by atoms with Gasteiger partial charge in [0.1, 0.15) is 6.04 Å². The van der Waals surface area contributed by atoms with E-state index in [0.717, 1.165) is 0 Å². The van der Waals surface area contributed by atoms with E-state index in [1.54, 1.807) is 6.92 Å². The second-order valence-electron chi connectivity index (χ2n) is 4.00. The molecule has 96 valence electrons. The third kappa shape index (κ3) is 4.38. The highest BCUT2D eigenvalue weighted by Crippen LogP contribution is 2.29. The first-order valence-electron chi connectivity index (χ1n) is 5.20. The van der Waals surface area contributed by atoms with Crippen LogP contribution in [-0.4, -0.2) is 24.8 Å². The second kappa shape index (κ2) is 6.08. The molecule has 0 rings (SSSR count). The van der Waals surface area contributed by atoms with E-state index in [0.29, 0.717) is 6.42 Å². The summed E-state index contributed by atoms with van der Waals surface area (Å²) in [6, 6.07) is -2.17. The van der Waals surface area contributed by atoms with Crippen molar-refractivity contribution < 1.29 is 22.7 Å². The molecule has 0 aliphatic heterocycles. The largest absolute Gasteiger partial charge is 0.465 e. The predicted octanol–water partition coefficient (Wildman–Crippen LogP) is 2.10. The van der Waals surface area contributed by atoms with Crippen molar-refractivity contribution >= 4 is 5.97 Å². The Balaban J connectivity index is 4.67. The van der Waals surface area contributed by atoms with E-state index in [-0.39, 0.29) is 6.61 Å². The molecule has 16 heavy (non-hydrogen) atoms. The van der Waals surface area contributed by atoms with Gasteiger partial charge in [0, 0.05) is 0 Å². The van der Waals surface area contributed by atoms with E-state index in [4.69, 9.17) is 10.5 Å². The topological polar surface area (TPSA) is 52.3 Å². The molecule has 0 spiro atoms. The standard InChI is InChI=1S/C10H18F3NO2/c1-4-5-16-9(15)7(6(2)3)8(14)10(11,12)13/h6-8H,4-5,14H2,1-3H3/t7-,8-/m1/s1. The van der Waals surface area contributed by atoms with E-state index < -0.39 is 30.0 Å². The van der Waals surface area contributed by atoms with Crippen molar-refractivity contribution in [3.63, 3.8) is 0 Å². The Morgan fingerprint density at radius 2 is 1.88 bits per heavy atom. The minimum Gasteiger partial charge on any atom is -0.465 e. The van der Waals surface area contributed by atoms with Gasteiger partial charge in [-0.15, -0.1) is 0 Å². The normalized spacial score (nSPS) is 16.0. The summed E-state index contributed by atoms with van der Waals surface area (Å²) in [5.41, 5.74) is 5.04. The van der Waals surface area contributed by atoms with Gasteiger partial charge in [-0.1, -0.05) is 20.8 Å². The molecule has 0 saturated heterocycles. The maximum atomic E-state index is 12.4. The van der Waals surface area contributed by atoms with E-state index in [9.17, 15) is 18.0 Å². The van der Waals surface area contributed by atoms with Crippen LogP contribution < -0.4 is 5.73 Å². The number of halogens is 3. The summed E-state index contributed by atoms with van der Waals surface area (Å²) in [4.78, 5) is 11.4. The number of nitrogens with two attached hydrogens (primary N) is 1. The molecule has 0 radical (unpaired) electrons. The van der Waals surface area contributed by atoms with E-state index >= 15 is 0 Å². The van der Waals surface area contributed by atoms with Gasteiger partial charge in [0.2, 0.25) is 0 Å². The number of hydrogen-bond donors (Lipinski definition) is 1. The molecule has 0 heterocycles. The SMILES string of the molecule is CCCOC(=O)[C@H](C(C)C)[C@@H](N)C(F)(F)F. The first-order valence-corrected chi connectivity index (χ1v) is 5.20. The Morgan fingerprint density at radius 1 is 1.38 bits per heavy atom. The lowest BCUT2D eigenvalue weighted by molar-refractivity contribution is -0.179. The molecule has 0 unspecified atom stereocenters. The third-order valence-corrected chi connectivity index (χ3v) is 2.20. The van der Waals surface area contributed by atoms with Crippen LogP contribution >= 0.6 is 0 Å². The van der Waals surface area contributed by atoms with Crippen LogP contribution in [-0.2, 0) is 9.53 Å². The number of alkyl halides is 3. The monoisotopic (exact) mass is 241 g/mol. The molecule has 0 aromatic heterocycles. The highest BCUT2D eigenvalue weighted by atomic mass is 19.4. The molecule has 0 saturated carbocycles. The van der Waals surface area contributed by atoms with E-state index in [1.807, 2.05) is 0 Å². The molecule has 6 heteroatoms. The smallest absolute Gasteiger partial charge is 0.404 e. The maximum Gasteiger partial charge on any atom is 0.404 e. The average Bonchev–Trinajstić information content (AvgIpc) is 2.12. The van der Waals surface area contributed by atoms with Crippen molar-refractivity contribution in [2.24, 2.45) is 17.6 Å². The van der Waals surface area contributed by atoms with Crippen LogP contribution in [0.1, 0.15) is 27.2 Å². The zero-order valence-corrected chi connectivity index (χ0v) is 9.67. The minimum absolute atomic E-state index is 0.118. The van der Waals surface area contributed by atoms with Gasteiger partial charge in [0.25, 0.3) is 0 Å². The zero-order chi connectivity index (χ0) is 12.9. The number of rotatable bonds is 5. The summed E-state index contributed by atoms with van der Waals surface area (Å²) < 4.78 is 41.9. The second-order valence-corrected chi connectivity index (χ2v) is 4.00. The number of carbonyl (C=O) groups is 1. The van der Waals surface area contributed by atoms with Gasteiger partial charge in [-0.2, -0.15) is 13.2 Å². The Morgan fingerprint density at radius 3 is 2.19 bits per heavy atom. The molecule has 0 aromatic carbocycles. The van der Waals surface area contributed by atoms with E-state index in [2.05, 4.69) is 0 Å². The van der Waals surface area contributed by atoms with Crippen LogP contribution in [0.4, 0.5) is 13.2 Å². The summed E-state index contributed by atoms with van der Waals surface area (Å²) in [5.74, 6) is -2.73. The Labute approximate surface area is 93.1 Å². The fourth-order valence-electron chi connectivity index (χ4n) is 1.34. The number of hydrogen-bond acceptors (Lipinski definition) is 3. The van der Waals surface area contributed by atoms with Crippen LogP contribution in [0.2, 0.25) is 0 Å². The number of carbonyl (C=O) groups excluding carboxylic acids is 1. The van der Waals surface area contributed by atoms with Gasteiger partial charge in [-0.05, 0) is 12.3 Å². The fourth-order valence-corrected chi connectivity index (χ4v) is 1.34. The Hall–Kier alpha value is -0.780. The number of esters is 1. The molecular weight excluding hydrogens is 223 g/mol. The van der Waals surface area contributed by atoms with Crippen LogP contribution in [0.25, 0.3) is 0 Å². The van der Waals surface area contributed by atoms with Crippen molar-refractivity contribution in [2.45, 2.75) is 39.4 Å². The van der Waals surface area contributed by atoms with Crippen LogP contribution in [0.15, 0.2) is 0 Å². The van der Waals surface area contributed by atoms with Crippen LogP contribution in [0.3, 0.4) is 0 Å². The highest BCUT2D eigenvalue weighted by molar-refractivity contribution is 5.73. The van der Waals surface area contributed by atoms with Crippen LogP contribution in [0.5, 0.6) is 0 Å². The number of ether oxygens (including phenoxy) is 1. The average molecular weight is 241 g/mol. The van der Waals surface area contributed by atoms with Crippen molar-refractivity contribution in [1.29, 1.82) is 0 Å². The van der Waals surface area contributed by atoms with Gasteiger partial charge in [-0.3, -0.25) is 4.79 Å². The van der Waals surface area contributed by atoms with Gasteiger partial charge >= 0.3 is 12.1 Å². The lowest BCUT2D eigenvalue weighted by Crippen LogP contribution is -2.49. The lowest BCUT2D eigenvalue weighted by Gasteiger charge is -2.27. The van der Waals surface area contributed by atoms with Gasteiger partial charge in [0.15, 0.2) is 0 Å². The molecule has 0 bridgehead atoms. The summed E-state index contributed by atoms with van der Waals surface area (Å²) in [7, 11) is 0. The van der Waals surface area contributed by atoms with Gasteiger partial charge in [0.05, 0.1) is 12.5 Å². The van der Waals surface area contributed by atoms with Gasteiger partial charge in [-0.25, -0.2) is 0 Å². The first-order chi connectivity index (χ1) is 7.21. The molecule has 0 aliphatic rings. The van der Waals surface area contributed by atoms with Crippen LogP contribution in [0, 0.1) is 11.8 Å². The summed E-state index contributed by atoms with van der Waals surface area (Å²) in [6.07, 6.45) is -4.02. The van der Waals surface area contributed by atoms with Crippen molar-refractivity contribution in [3.8, 4) is 0 Å². The third-order valence-electron chi connectivity index (χ3n) is 2.20. The maximum absolute atomic E-state index is 12.4. The molecule has 3 nitrogen and oxygen atoms in total. The first kappa shape index (κ1) is 15.2. The summed E-state index contributed by atoms with van der Waals surface area (Å²) >= 11 is 0. The predicted molar refractivity (Wildman–Crippen MR) is 53.6 cm³/mol. The molecule has 0 aliphatic carbocycles. The molecule has 0 fully saturated rings. The Kier molecular flexibility index (Phi) is 5.78. The van der Waals surface area contributed by atoms with Crippen molar-refractivity contribution in [1.82, 2.24) is 0 Å². The lowest BCUT2D eigenvalue weighted by atomic mass is 9.88. The molecule has 2 N–H and O–H groups in total. The van der Waals surface area contributed by atoms with Crippen molar-refractivity contribution in [3.05, 3.63) is 0 Å². The van der Waals surface area contributed by atoms with Crippen molar-refractivity contribution in [2.75, 3.05) is 6.61 Å². The molecule has 0 aromatic rings. The Bertz CT molecular complexity index is 229. The summed E-state index contributed by atoms with van der Waals surface area (Å²) in [6.45, 7) is 4.92.